The van der Waals surface area contributed by atoms with Gasteiger partial charge in [-0.1, -0.05) is 24.6 Å². The third kappa shape index (κ3) is 6.75. The molecular formula is C19H28ClFN4O2. The molecule has 0 aliphatic carbocycles. The maximum absolute atomic E-state index is 13.9. The van der Waals surface area contributed by atoms with Crippen LogP contribution in [0.5, 0.6) is 0 Å². The summed E-state index contributed by atoms with van der Waals surface area (Å²) >= 11 is 6.09. The molecule has 0 saturated carbocycles. The Hall–Kier alpha value is -1.70. The molecule has 0 atom stereocenters. The summed E-state index contributed by atoms with van der Waals surface area (Å²) in [7, 11) is 1.64. The van der Waals surface area contributed by atoms with E-state index >= 15 is 0 Å². The summed E-state index contributed by atoms with van der Waals surface area (Å²) in [5, 5.41) is 3.21. The van der Waals surface area contributed by atoms with Gasteiger partial charge in [-0.25, -0.2) is 4.39 Å². The molecule has 1 aliphatic heterocycles. The number of hydrogen-bond acceptors (Lipinski definition) is 4. The Bertz CT molecular complexity index is 630. The van der Waals surface area contributed by atoms with Gasteiger partial charge in [-0.2, -0.15) is 0 Å². The Kier molecular flexibility index (Phi) is 8.47. The number of piperazine rings is 1. The fourth-order valence-electron chi connectivity index (χ4n) is 2.95. The van der Waals surface area contributed by atoms with E-state index in [-0.39, 0.29) is 30.7 Å². The summed E-state index contributed by atoms with van der Waals surface area (Å²) in [4.78, 5) is 29.7. The van der Waals surface area contributed by atoms with E-state index in [0.717, 1.165) is 19.5 Å². The third-order valence-corrected chi connectivity index (χ3v) is 5.00. The molecule has 27 heavy (non-hydrogen) atoms. The minimum Gasteiger partial charge on any atom is -0.355 e. The largest absolute Gasteiger partial charge is 0.355 e. The molecule has 2 rings (SSSR count). The van der Waals surface area contributed by atoms with Gasteiger partial charge in [-0.15, -0.1) is 0 Å². The first-order valence-corrected chi connectivity index (χ1v) is 9.66. The quantitative estimate of drug-likeness (QED) is 0.722. The van der Waals surface area contributed by atoms with Crippen LogP contribution >= 0.6 is 11.6 Å². The predicted molar refractivity (Wildman–Crippen MR) is 104 cm³/mol. The van der Waals surface area contributed by atoms with Crippen molar-refractivity contribution < 1.29 is 14.0 Å². The first kappa shape index (κ1) is 21.6. The number of halogens is 2. The van der Waals surface area contributed by atoms with Gasteiger partial charge in [-0.05, 0) is 18.6 Å². The lowest BCUT2D eigenvalue weighted by molar-refractivity contribution is -0.136. The van der Waals surface area contributed by atoms with Gasteiger partial charge in [-0.3, -0.25) is 19.4 Å². The van der Waals surface area contributed by atoms with E-state index in [9.17, 15) is 14.0 Å². The SMILES string of the molecule is CCCNC(=O)CN(C)C(=O)CN1CCN(Cc2c(F)cccc2Cl)CC1. The van der Waals surface area contributed by atoms with Crippen LogP contribution in [0.3, 0.4) is 0 Å². The van der Waals surface area contributed by atoms with Crippen molar-refractivity contribution in [1.82, 2.24) is 20.0 Å². The third-order valence-electron chi connectivity index (χ3n) is 4.65. The van der Waals surface area contributed by atoms with Crippen LogP contribution in [0.4, 0.5) is 4.39 Å². The number of rotatable bonds is 8. The van der Waals surface area contributed by atoms with Crippen molar-refractivity contribution in [3.05, 3.63) is 34.6 Å². The average Bonchev–Trinajstić information content (AvgIpc) is 2.64. The van der Waals surface area contributed by atoms with E-state index in [4.69, 9.17) is 11.6 Å². The topological polar surface area (TPSA) is 55.9 Å². The van der Waals surface area contributed by atoms with Crippen molar-refractivity contribution >= 4 is 23.4 Å². The second-order valence-corrected chi connectivity index (χ2v) is 7.26. The van der Waals surface area contributed by atoms with Crippen LogP contribution < -0.4 is 5.32 Å². The number of nitrogens with one attached hydrogen (secondary N) is 1. The zero-order valence-electron chi connectivity index (χ0n) is 16.0. The minimum atomic E-state index is -0.289. The van der Waals surface area contributed by atoms with E-state index in [1.54, 1.807) is 19.2 Å². The summed E-state index contributed by atoms with van der Waals surface area (Å²) < 4.78 is 13.9. The second-order valence-electron chi connectivity index (χ2n) is 6.85. The lowest BCUT2D eigenvalue weighted by Gasteiger charge is -2.35. The maximum Gasteiger partial charge on any atom is 0.239 e. The van der Waals surface area contributed by atoms with Crippen LogP contribution in [-0.4, -0.2) is 79.4 Å². The van der Waals surface area contributed by atoms with Gasteiger partial charge in [0.15, 0.2) is 0 Å². The molecule has 0 spiro atoms. The molecule has 1 fully saturated rings. The predicted octanol–water partition coefficient (Wildman–Crippen LogP) is 1.58. The molecule has 1 N–H and O–H groups in total. The molecule has 0 radical (unpaired) electrons. The average molecular weight is 399 g/mol. The van der Waals surface area contributed by atoms with Gasteiger partial charge in [0, 0.05) is 56.9 Å². The van der Waals surface area contributed by atoms with Crippen LogP contribution in [0.1, 0.15) is 18.9 Å². The number of carbonyl (C=O) groups is 2. The van der Waals surface area contributed by atoms with E-state index in [2.05, 4.69) is 15.1 Å². The molecule has 1 aliphatic rings. The molecule has 1 aromatic carbocycles. The molecule has 2 amide bonds. The number of nitrogens with zero attached hydrogens (tertiary/aromatic N) is 3. The smallest absolute Gasteiger partial charge is 0.239 e. The Labute approximate surface area is 165 Å². The molecule has 0 aromatic heterocycles. The molecule has 150 valence electrons. The Morgan fingerprint density at radius 3 is 2.52 bits per heavy atom. The van der Waals surface area contributed by atoms with E-state index in [1.807, 2.05) is 6.92 Å². The van der Waals surface area contributed by atoms with Crippen molar-refractivity contribution in [2.24, 2.45) is 0 Å². The molecule has 1 heterocycles. The molecule has 0 unspecified atom stereocenters. The van der Waals surface area contributed by atoms with Crippen LogP contribution in [0.15, 0.2) is 18.2 Å². The first-order chi connectivity index (χ1) is 12.9. The highest BCUT2D eigenvalue weighted by atomic mass is 35.5. The summed E-state index contributed by atoms with van der Waals surface area (Å²) in [6.45, 7) is 6.32. The van der Waals surface area contributed by atoms with Gasteiger partial charge in [0.05, 0.1) is 13.1 Å². The Morgan fingerprint density at radius 1 is 1.22 bits per heavy atom. The van der Waals surface area contributed by atoms with Crippen molar-refractivity contribution in [3.63, 3.8) is 0 Å². The fraction of sp³-hybridized carbons (Fsp3) is 0.579. The van der Waals surface area contributed by atoms with Gasteiger partial charge >= 0.3 is 0 Å². The van der Waals surface area contributed by atoms with Crippen LogP contribution in [-0.2, 0) is 16.1 Å². The van der Waals surface area contributed by atoms with E-state index in [1.165, 1.54) is 11.0 Å². The monoisotopic (exact) mass is 398 g/mol. The van der Waals surface area contributed by atoms with Crippen LogP contribution in [0.2, 0.25) is 5.02 Å². The molecule has 8 heteroatoms. The molecule has 0 bridgehead atoms. The van der Waals surface area contributed by atoms with Crippen LogP contribution in [0.25, 0.3) is 0 Å². The van der Waals surface area contributed by atoms with Crippen LogP contribution in [0, 0.1) is 5.82 Å². The highest BCUT2D eigenvalue weighted by Crippen LogP contribution is 2.21. The van der Waals surface area contributed by atoms with Gasteiger partial charge in [0.1, 0.15) is 5.82 Å². The molecule has 1 saturated heterocycles. The number of likely N-dealkylation sites (N-methyl/N-ethyl adjacent to an activating group) is 1. The van der Waals surface area contributed by atoms with Crippen molar-refractivity contribution in [2.75, 3.05) is 52.9 Å². The zero-order valence-corrected chi connectivity index (χ0v) is 16.8. The lowest BCUT2D eigenvalue weighted by atomic mass is 10.2. The molecular weight excluding hydrogens is 371 g/mol. The number of amides is 2. The Morgan fingerprint density at radius 2 is 1.89 bits per heavy atom. The summed E-state index contributed by atoms with van der Waals surface area (Å²) in [5.74, 6) is -0.505. The molecule has 6 nitrogen and oxygen atoms in total. The van der Waals surface area contributed by atoms with E-state index in [0.29, 0.717) is 36.8 Å². The number of benzene rings is 1. The van der Waals surface area contributed by atoms with Gasteiger partial charge in [0.25, 0.3) is 0 Å². The summed E-state index contributed by atoms with van der Waals surface area (Å²) in [6, 6.07) is 4.72. The second kappa shape index (κ2) is 10.6. The van der Waals surface area contributed by atoms with Gasteiger partial charge < -0.3 is 10.2 Å². The highest BCUT2D eigenvalue weighted by molar-refractivity contribution is 6.31. The summed E-state index contributed by atoms with van der Waals surface area (Å²) in [6.07, 6.45) is 0.867. The minimum absolute atomic E-state index is 0.0740. The highest BCUT2D eigenvalue weighted by Gasteiger charge is 2.22. The fourth-order valence-corrected chi connectivity index (χ4v) is 3.17. The number of hydrogen-bond donors (Lipinski definition) is 1. The van der Waals surface area contributed by atoms with Crippen molar-refractivity contribution in [2.45, 2.75) is 19.9 Å². The van der Waals surface area contributed by atoms with Crippen molar-refractivity contribution in [1.29, 1.82) is 0 Å². The maximum atomic E-state index is 13.9. The first-order valence-electron chi connectivity index (χ1n) is 9.29. The molecule has 1 aromatic rings. The summed E-state index contributed by atoms with van der Waals surface area (Å²) in [5.41, 5.74) is 0.515. The van der Waals surface area contributed by atoms with E-state index < -0.39 is 0 Å². The lowest BCUT2D eigenvalue weighted by Crippen LogP contribution is -2.50. The standard InChI is InChI=1S/C19H28ClFN4O2/c1-3-7-22-18(26)13-23(2)19(27)14-25-10-8-24(9-11-25)12-15-16(20)5-4-6-17(15)21/h4-6H,3,7-14H2,1-2H3,(H,22,26). The zero-order chi connectivity index (χ0) is 19.8. The normalized spacial score (nSPS) is 15.6. The Balaban J connectivity index is 1.75. The van der Waals surface area contributed by atoms with Crippen molar-refractivity contribution in [3.8, 4) is 0 Å². The van der Waals surface area contributed by atoms with Gasteiger partial charge in [0.2, 0.25) is 11.8 Å². The number of carbonyl (C=O) groups excluding carboxylic acids is 2.